The van der Waals surface area contributed by atoms with Crippen molar-refractivity contribution in [2.45, 2.75) is 25.2 Å². The Morgan fingerprint density at radius 3 is 2.57 bits per heavy atom. The van der Waals surface area contributed by atoms with Crippen LogP contribution in [0.3, 0.4) is 0 Å². The Morgan fingerprint density at radius 2 is 2.00 bits per heavy atom. The number of halogens is 2. The molecule has 0 unspecified atom stereocenters. The summed E-state index contributed by atoms with van der Waals surface area (Å²) < 4.78 is 30.9. The zero-order valence-electron chi connectivity index (χ0n) is 8.14. The van der Waals surface area contributed by atoms with Crippen LogP contribution in [0.15, 0.2) is 11.8 Å². The average molecular weight is 203 g/mol. The zero-order chi connectivity index (χ0) is 10.0. The van der Waals surface area contributed by atoms with Gasteiger partial charge in [-0.1, -0.05) is 6.08 Å². The highest BCUT2D eigenvalue weighted by molar-refractivity contribution is 5.08. The molecule has 1 fully saturated rings. The van der Waals surface area contributed by atoms with Gasteiger partial charge in [0, 0.05) is 31.6 Å². The monoisotopic (exact) mass is 203 g/mol. The van der Waals surface area contributed by atoms with E-state index < -0.39 is 5.92 Å². The van der Waals surface area contributed by atoms with Gasteiger partial charge < -0.3 is 9.64 Å². The van der Waals surface area contributed by atoms with E-state index in [1.54, 1.807) is 6.08 Å². The number of morpholine rings is 1. The lowest BCUT2D eigenvalue weighted by molar-refractivity contribution is -0.0155. The first kappa shape index (κ1) is 9.90. The molecule has 0 aromatic heterocycles. The molecule has 0 N–H and O–H groups in total. The third kappa shape index (κ3) is 2.23. The van der Waals surface area contributed by atoms with Gasteiger partial charge in [-0.25, -0.2) is 8.78 Å². The summed E-state index contributed by atoms with van der Waals surface area (Å²) in [6.07, 6.45) is 2.09. The Hall–Kier alpha value is -0.640. The van der Waals surface area contributed by atoms with Gasteiger partial charge in [-0.15, -0.1) is 0 Å². The van der Waals surface area contributed by atoms with E-state index >= 15 is 0 Å². The summed E-state index contributed by atoms with van der Waals surface area (Å²) in [5, 5.41) is 0. The normalized spacial score (nSPS) is 27.3. The Bertz CT molecular complexity index is 234. The van der Waals surface area contributed by atoms with Crippen LogP contribution in [0, 0.1) is 0 Å². The molecular weight excluding hydrogens is 188 g/mol. The Morgan fingerprint density at radius 1 is 1.29 bits per heavy atom. The van der Waals surface area contributed by atoms with E-state index in [1.807, 2.05) is 0 Å². The molecule has 0 radical (unpaired) electrons. The quantitative estimate of drug-likeness (QED) is 0.646. The fourth-order valence-electron chi connectivity index (χ4n) is 1.92. The lowest BCUT2D eigenvalue weighted by atomic mass is 10.00. The first-order valence-corrected chi connectivity index (χ1v) is 5.07. The van der Waals surface area contributed by atoms with E-state index in [0.717, 1.165) is 18.8 Å². The molecule has 1 saturated heterocycles. The van der Waals surface area contributed by atoms with Crippen LogP contribution in [-0.4, -0.2) is 37.1 Å². The zero-order valence-corrected chi connectivity index (χ0v) is 8.14. The highest BCUT2D eigenvalue weighted by Crippen LogP contribution is 2.33. The number of rotatable bonds is 1. The van der Waals surface area contributed by atoms with Gasteiger partial charge in [-0.2, -0.15) is 0 Å². The minimum absolute atomic E-state index is 0.00378. The fraction of sp³-hybridized carbons (Fsp3) is 0.800. The lowest BCUT2D eigenvalue weighted by Gasteiger charge is -2.34. The van der Waals surface area contributed by atoms with Crippen molar-refractivity contribution >= 4 is 0 Å². The van der Waals surface area contributed by atoms with Crippen molar-refractivity contribution in [3.05, 3.63) is 11.8 Å². The smallest absolute Gasteiger partial charge is 0.252 e. The van der Waals surface area contributed by atoms with Gasteiger partial charge in [0.2, 0.25) is 0 Å². The topological polar surface area (TPSA) is 12.5 Å². The Labute approximate surface area is 82.5 Å². The molecule has 0 saturated carbocycles. The van der Waals surface area contributed by atoms with E-state index in [-0.39, 0.29) is 12.8 Å². The molecule has 2 rings (SSSR count). The van der Waals surface area contributed by atoms with Gasteiger partial charge in [-0.05, 0) is 6.42 Å². The molecule has 0 spiro atoms. The number of hydrogen-bond acceptors (Lipinski definition) is 2. The predicted molar refractivity (Wildman–Crippen MR) is 49.3 cm³/mol. The van der Waals surface area contributed by atoms with Gasteiger partial charge in [0.25, 0.3) is 5.92 Å². The summed E-state index contributed by atoms with van der Waals surface area (Å²) in [4.78, 5) is 2.17. The van der Waals surface area contributed by atoms with E-state index in [2.05, 4.69) is 4.90 Å². The summed E-state index contributed by atoms with van der Waals surface area (Å²) in [5.74, 6) is -2.48. The second-order valence-corrected chi connectivity index (χ2v) is 3.85. The lowest BCUT2D eigenvalue weighted by Crippen LogP contribution is -2.37. The second kappa shape index (κ2) is 3.85. The van der Waals surface area contributed by atoms with Crippen LogP contribution in [0.5, 0.6) is 0 Å². The largest absolute Gasteiger partial charge is 0.378 e. The van der Waals surface area contributed by atoms with Crippen LogP contribution in [0.1, 0.15) is 19.3 Å². The third-order valence-corrected chi connectivity index (χ3v) is 2.80. The van der Waals surface area contributed by atoms with Crippen molar-refractivity contribution in [2.24, 2.45) is 0 Å². The molecule has 2 aliphatic rings. The molecule has 4 heteroatoms. The van der Waals surface area contributed by atoms with Crippen molar-refractivity contribution in [2.75, 3.05) is 26.3 Å². The summed E-state index contributed by atoms with van der Waals surface area (Å²) >= 11 is 0. The Balaban J connectivity index is 1.95. The molecular formula is C10H15F2NO. The van der Waals surface area contributed by atoms with Crippen LogP contribution in [0.25, 0.3) is 0 Å². The highest BCUT2D eigenvalue weighted by Gasteiger charge is 2.32. The van der Waals surface area contributed by atoms with Gasteiger partial charge in [-0.3, -0.25) is 0 Å². The van der Waals surface area contributed by atoms with Crippen LogP contribution < -0.4 is 0 Å². The SMILES string of the molecule is FC1(F)CC=C(N2CCOCC2)CC1. The van der Waals surface area contributed by atoms with Crippen molar-refractivity contribution in [3.63, 3.8) is 0 Å². The van der Waals surface area contributed by atoms with Gasteiger partial charge in [0.1, 0.15) is 0 Å². The maximum atomic E-state index is 12.9. The highest BCUT2D eigenvalue weighted by atomic mass is 19.3. The maximum Gasteiger partial charge on any atom is 0.252 e. The Kier molecular flexibility index (Phi) is 2.72. The van der Waals surface area contributed by atoms with E-state index in [1.165, 1.54) is 0 Å². The van der Waals surface area contributed by atoms with Crippen LogP contribution >= 0.6 is 0 Å². The van der Waals surface area contributed by atoms with Crippen molar-refractivity contribution < 1.29 is 13.5 Å². The molecule has 1 aliphatic carbocycles. The molecule has 80 valence electrons. The number of alkyl halides is 2. The average Bonchev–Trinajstić information content (AvgIpc) is 2.19. The molecule has 2 nitrogen and oxygen atoms in total. The van der Waals surface area contributed by atoms with Gasteiger partial charge in [0.15, 0.2) is 0 Å². The summed E-state index contributed by atoms with van der Waals surface area (Å²) in [6, 6.07) is 0. The van der Waals surface area contributed by atoms with E-state index in [9.17, 15) is 8.78 Å². The van der Waals surface area contributed by atoms with E-state index in [0.29, 0.717) is 19.6 Å². The third-order valence-electron chi connectivity index (χ3n) is 2.80. The minimum Gasteiger partial charge on any atom is -0.378 e. The van der Waals surface area contributed by atoms with Crippen LogP contribution in [-0.2, 0) is 4.74 Å². The van der Waals surface area contributed by atoms with E-state index in [4.69, 9.17) is 4.74 Å². The fourth-order valence-corrected chi connectivity index (χ4v) is 1.92. The number of allylic oxidation sites excluding steroid dienone is 2. The van der Waals surface area contributed by atoms with Gasteiger partial charge >= 0.3 is 0 Å². The molecule has 0 bridgehead atoms. The minimum atomic E-state index is -2.48. The first-order chi connectivity index (χ1) is 6.67. The number of hydrogen-bond donors (Lipinski definition) is 0. The molecule has 1 heterocycles. The summed E-state index contributed by atoms with van der Waals surface area (Å²) in [7, 11) is 0. The first-order valence-electron chi connectivity index (χ1n) is 5.07. The van der Waals surface area contributed by atoms with Crippen molar-refractivity contribution in [1.82, 2.24) is 4.90 Å². The number of ether oxygens (including phenoxy) is 1. The van der Waals surface area contributed by atoms with Crippen molar-refractivity contribution in [1.29, 1.82) is 0 Å². The predicted octanol–water partition coefficient (Wildman–Crippen LogP) is 2.02. The van der Waals surface area contributed by atoms with Crippen LogP contribution in [0.2, 0.25) is 0 Å². The molecule has 0 aromatic rings. The van der Waals surface area contributed by atoms with Crippen molar-refractivity contribution in [3.8, 4) is 0 Å². The summed E-state index contributed by atoms with van der Waals surface area (Å²) in [6.45, 7) is 3.12. The maximum absolute atomic E-state index is 12.9. The molecule has 0 amide bonds. The molecule has 1 aliphatic heterocycles. The van der Waals surface area contributed by atoms with Gasteiger partial charge in [0.05, 0.1) is 13.2 Å². The van der Waals surface area contributed by atoms with Crippen LogP contribution in [0.4, 0.5) is 8.78 Å². The molecule has 14 heavy (non-hydrogen) atoms. The summed E-state index contributed by atoms with van der Waals surface area (Å²) in [5.41, 5.74) is 1.08. The molecule has 0 atom stereocenters. The molecule has 0 aromatic carbocycles. The second-order valence-electron chi connectivity index (χ2n) is 3.85. The standard InChI is InChI=1S/C10H15F2NO/c11-10(12)3-1-9(2-4-10)13-5-7-14-8-6-13/h1H,2-8H2. The number of nitrogens with zero attached hydrogens (tertiary/aromatic N) is 1.